The molecule has 0 aliphatic carbocycles. The van der Waals surface area contributed by atoms with Crippen molar-refractivity contribution >= 4 is 21.8 Å². The van der Waals surface area contributed by atoms with E-state index in [-0.39, 0.29) is 16.9 Å². The fourth-order valence-corrected chi connectivity index (χ4v) is 1.69. The van der Waals surface area contributed by atoms with Gasteiger partial charge in [-0.15, -0.1) is 0 Å². The predicted molar refractivity (Wildman–Crippen MR) is 75.1 cm³/mol. The number of hydrogen-bond acceptors (Lipinski definition) is 1. The molecule has 2 nitrogen and oxygen atoms in total. The first-order valence-electron chi connectivity index (χ1n) is 5.95. The standard InChI is InChI=1S/C14H19BrFNO/c1-9(14(2,3)4)8-17-13(18)10-6-5-7-11(15)12(10)16/h5-7,9H,8H2,1-4H3,(H,17,18). The quantitative estimate of drug-likeness (QED) is 0.897. The third-order valence-corrected chi connectivity index (χ3v) is 3.86. The molecular weight excluding hydrogens is 297 g/mol. The zero-order chi connectivity index (χ0) is 13.9. The van der Waals surface area contributed by atoms with E-state index in [4.69, 9.17) is 0 Å². The van der Waals surface area contributed by atoms with E-state index in [2.05, 4.69) is 48.9 Å². The Bertz CT molecular complexity index is 440. The molecule has 0 aromatic heterocycles. The number of rotatable bonds is 3. The molecule has 1 amide bonds. The smallest absolute Gasteiger partial charge is 0.254 e. The van der Waals surface area contributed by atoms with Crippen molar-refractivity contribution in [2.45, 2.75) is 27.7 Å². The Labute approximate surface area is 116 Å². The van der Waals surface area contributed by atoms with Gasteiger partial charge in [0, 0.05) is 6.54 Å². The molecule has 0 saturated carbocycles. The minimum Gasteiger partial charge on any atom is -0.352 e. The molecule has 1 unspecified atom stereocenters. The van der Waals surface area contributed by atoms with Crippen molar-refractivity contribution in [2.75, 3.05) is 6.54 Å². The van der Waals surface area contributed by atoms with Gasteiger partial charge in [-0.2, -0.15) is 0 Å². The van der Waals surface area contributed by atoms with Crippen molar-refractivity contribution < 1.29 is 9.18 Å². The van der Waals surface area contributed by atoms with Crippen molar-refractivity contribution in [1.29, 1.82) is 0 Å². The minimum atomic E-state index is -0.515. The number of carbonyl (C=O) groups excluding carboxylic acids is 1. The van der Waals surface area contributed by atoms with Crippen LogP contribution in [0.1, 0.15) is 38.1 Å². The van der Waals surface area contributed by atoms with Gasteiger partial charge in [0.05, 0.1) is 10.0 Å². The number of halogens is 2. The monoisotopic (exact) mass is 315 g/mol. The molecule has 0 radical (unpaired) electrons. The lowest BCUT2D eigenvalue weighted by atomic mass is 9.82. The molecule has 4 heteroatoms. The Kier molecular flexibility index (Phi) is 4.91. The second kappa shape index (κ2) is 5.83. The van der Waals surface area contributed by atoms with Crippen molar-refractivity contribution in [3.8, 4) is 0 Å². The van der Waals surface area contributed by atoms with Crippen LogP contribution >= 0.6 is 15.9 Å². The zero-order valence-electron chi connectivity index (χ0n) is 11.2. The van der Waals surface area contributed by atoms with E-state index < -0.39 is 5.82 Å². The molecule has 0 spiro atoms. The predicted octanol–water partition coefficient (Wildman–Crippen LogP) is 4.00. The largest absolute Gasteiger partial charge is 0.352 e. The van der Waals surface area contributed by atoms with Crippen molar-refractivity contribution in [2.24, 2.45) is 11.3 Å². The van der Waals surface area contributed by atoms with Gasteiger partial charge in [0.1, 0.15) is 5.82 Å². The Hall–Kier alpha value is -0.900. The molecule has 1 aromatic rings. The summed E-state index contributed by atoms with van der Waals surface area (Å²) in [5, 5.41) is 2.77. The van der Waals surface area contributed by atoms with E-state index in [1.54, 1.807) is 12.1 Å². The lowest BCUT2D eigenvalue weighted by Gasteiger charge is -2.27. The van der Waals surface area contributed by atoms with Crippen LogP contribution < -0.4 is 5.32 Å². The van der Waals surface area contributed by atoms with E-state index in [0.717, 1.165) is 0 Å². The molecule has 0 bridgehead atoms. The van der Waals surface area contributed by atoms with Crippen molar-refractivity contribution in [3.63, 3.8) is 0 Å². The Morgan fingerprint density at radius 3 is 2.61 bits per heavy atom. The van der Waals surface area contributed by atoms with Crippen LogP contribution in [0.2, 0.25) is 0 Å². The van der Waals surface area contributed by atoms with E-state index in [9.17, 15) is 9.18 Å². The van der Waals surface area contributed by atoms with Crippen LogP contribution in [-0.4, -0.2) is 12.5 Å². The highest BCUT2D eigenvalue weighted by molar-refractivity contribution is 9.10. The molecule has 1 aromatic carbocycles. The molecule has 0 fully saturated rings. The molecule has 1 rings (SSSR count). The van der Waals surface area contributed by atoms with Gasteiger partial charge in [0.25, 0.3) is 5.91 Å². The van der Waals surface area contributed by atoms with Crippen LogP contribution in [0.3, 0.4) is 0 Å². The molecule has 0 heterocycles. The van der Waals surface area contributed by atoms with Gasteiger partial charge in [0.2, 0.25) is 0 Å². The molecule has 100 valence electrons. The van der Waals surface area contributed by atoms with E-state index in [1.807, 2.05) is 0 Å². The highest BCUT2D eigenvalue weighted by atomic mass is 79.9. The third kappa shape index (κ3) is 3.80. The van der Waals surface area contributed by atoms with Crippen LogP contribution in [0.25, 0.3) is 0 Å². The lowest BCUT2D eigenvalue weighted by molar-refractivity contribution is 0.0933. The van der Waals surface area contributed by atoms with Gasteiger partial charge in [-0.05, 0) is 39.4 Å². The van der Waals surface area contributed by atoms with Gasteiger partial charge in [-0.25, -0.2) is 4.39 Å². The topological polar surface area (TPSA) is 29.1 Å². The van der Waals surface area contributed by atoms with Gasteiger partial charge in [-0.1, -0.05) is 33.8 Å². The van der Waals surface area contributed by atoms with E-state index >= 15 is 0 Å². The Morgan fingerprint density at radius 1 is 1.44 bits per heavy atom. The SMILES string of the molecule is CC(CNC(=O)c1cccc(Br)c1F)C(C)(C)C. The maximum Gasteiger partial charge on any atom is 0.254 e. The summed E-state index contributed by atoms with van der Waals surface area (Å²) in [6.45, 7) is 8.95. The van der Waals surface area contributed by atoms with Crippen molar-refractivity contribution in [3.05, 3.63) is 34.1 Å². The lowest BCUT2D eigenvalue weighted by Crippen LogP contribution is -2.34. The van der Waals surface area contributed by atoms with Crippen LogP contribution in [0, 0.1) is 17.2 Å². The molecule has 1 atom stereocenters. The van der Waals surface area contributed by atoms with Crippen LogP contribution in [0.15, 0.2) is 22.7 Å². The van der Waals surface area contributed by atoms with Crippen LogP contribution in [0.5, 0.6) is 0 Å². The Balaban J connectivity index is 2.70. The van der Waals surface area contributed by atoms with Gasteiger partial charge < -0.3 is 5.32 Å². The molecule has 18 heavy (non-hydrogen) atoms. The summed E-state index contributed by atoms with van der Waals surface area (Å²) < 4.78 is 14.0. The minimum absolute atomic E-state index is 0.0745. The first-order valence-corrected chi connectivity index (χ1v) is 6.75. The van der Waals surface area contributed by atoms with E-state index in [1.165, 1.54) is 6.07 Å². The number of hydrogen-bond donors (Lipinski definition) is 1. The van der Waals surface area contributed by atoms with E-state index in [0.29, 0.717) is 16.9 Å². The summed E-state index contributed by atoms with van der Waals surface area (Å²) >= 11 is 3.07. The Morgan fingerprint density at radius 2 is 2.06 bits per heavy atom. The first-order chi connectivity index (χ1) is 8.23. The summed E-state index contributed by atoms with van der Waals surface area (Å²) in [6, 6.07) is 4.70. The first kappa shape index (κ1) is 15.2. The number of nitrogens with one attached hydrogen (secondary N) is 1. The third-order valence-electron chi connectivity index (χ3n) is 3.24. The normalized spacial score (nSPS) is 13.2. The summed E-state index contributed by atoms with van der Waals surface area (Å²) in [6.07, 6.45) is 0. The molecule has 0 aliphatic heterocycles. The van der Waals surface area contributed by atoms with Crippen molar-refractivity contribution in [1.82, 2.24) is 5.32 Å². The second-order valence-corrected chi connectivity index (χ2v) is 6.43. The summed E-state index contributed by atoms with van der Waals surface area (Å²) in [5.41, 5.74) is 0.189. The van der Waals surface area contributed by atoms with Gasteiger partial charge in [0.15, 0.2) is 0 Å². The number of benzene rings is 1. The average molecular weight is 316 g/mol. The maximum absolute atomic E-state index is 13.7. The van der Waals surface area contributed by atoms with Crippen LogP contribution in [0.4, 0.5) is 4.39 Å². The summed E-state index contributed by atoms with van der Waals surface area (Å²) in [4.78, 5) is 11.9. The fraction of sp³-hybridized carbons (Fsp3) is 0.500. The molecule has 1 N–H and O–H groups in total. The highest BCUT2D eigenvalue weighted by Crippen LogP contribution is 2.24. The summed E-state index contributed by atoms with van der Waals surface area (Å²) in [5.74, 6) is -0.569. The zero-order valence-corrected chi connectivity index (χ0v) is 12.8. The number of carbonyl (C=O) groups is 1. The number of amides is 1. The average Bonchev–Trinajstić information content (AvgIpc) is 2.27. The maximum atomic E-state index is 13.7. The highest BCUT2D eigenvalue weighted by Gasteiger charge is 2.21. The molecule has 0 saturated heterocycles. The molecular formula is C14H19BrFNO. The summed E-state index contributed by atoms with van der Waals surface area (Å²) in [7, 11) is 0. The fourth-order valence-electron chi connectivity index (χ4n) is 1.33. The van der Waals surface area contributed by atoms with Crippen LogP contribution in [-0.2, 0) is 0 Å². The second-order valence-electron chi connectivity index (χ2n) is 5.58. The molecule has 0 aliphatic rings. The van der Waals surface area contributed by atoms with Gasteiger partial charge in [-0.3, -0.25) is 4.79 Å². The van der Waals surface area contributed by atoms with Gasteiger partial charge >= 0.3 is 0 Å².